The van der Waals surface area contributed by atoms with E-state index in [1.807, 2.05) is 43.3 Å². The molecule has 9 heteroatoms. The lowest BCUT2D eigenvalue weighted by molar-refractivity contribution is -0.000719. The molecule has 0 spiro atoms. The van der Waals surface area contributed by atoms with Crippen molar-refractivity contribution < 1.29 is 30.5 Å². The van der Waals surface area contributed by atoms with Crippen LogP contribution in [-0.4, -0.2) is 39.1 Å². The summed E-state index contributed by atoms with van der Waals surface area (Å²) < 4.78 is 43.5. The minimum absolute atomic E-state index is 0.0952. The maximum Gasteiger partial charge on any atom is 0.509 e. The summed E-state index contributed by atoms with van der Waals surface area (Å²) in [5.41, 5.74) is 4.15. The van der Waals surface area contributed by atoms with Gasteiger partial charge in [0, 0.05) is 18.0 Å². The Morgan fingerprint density at radius 1 is 1.06 bits per heavy atom. The molecule has 2 aliphatic carbocycles. The summed E-state index contributed by atoms with van der Waals surface area (Å²) in [6.45, 7) is 3.63. The highest BCUT2D eigenvalue weighted by Gasteiger charge is 2.40. The molecule has 0 heterocycles. The summed E-state index contributed by atoms with van der Waals surface area (Å²) >= 11 is 0.633. The van der Waals surface area contributed by atoms with Crippen molar-refractivity contribution in [2.75, 3.05) is 13.7 Å². The van der Waals surface area contributed by atoms with Crippen LogP contribution >= 0.6 is 12.0 Å². The summed E-state index contributed by atoms with van der Waals surface area (Å²) in [4.78, 5) is 12.7. The molecule has 0 bridgehead atoms. The van der Waals surface area contributed by atoms with Crippen molar-refractivity contribution in [2.24, 2.45) is 0 Å². The van der Waals surface area contributed by atoms with Crippen LogP contribution in [0.25, 0.3) is 11.1 Å². The van der Waals surface area contributed by atoms with Gasteiger partial charge >= 0.3 is 16.6 Å². The Balaban J connectivity index is 1.45. The quantitative estimate of drug-likeness (QED) is 0.391. The number of ether oxygens (including phenoxy) is 2. The Morgan fingerprint density at radius 3 is 2.27 bits per heavy atom. The molecular weight excluding hydrogens is 464 g/mol. The Labute approximate surface area is 197 Å². The first-order valence-electron chi connectivity index (χ1n) is 10.3. The lowest BCUT2D eigenvalue weighted by Crippen LogP contribution is -2.41. The molecule has 0 radical (unpaired) electrons. The highest BCUT2D eigenvalue weighted by molar-refractivity contribution is 8.03. The number of carbonyl (C=O) groups excluding carboxylic acids is 1. The highest BCUT2D eigenvalue weighted by Crippen LogP contribution is 2.44. The Kier molecular flexibility index (Phi) is 6.67. The van der Waals surface area contributed by atoms with Crippen LogP contribution < -0.4 is 0 Å². The molecule has 0 N–H and O–H groups in total. The molecule has 2 atom stereocenters. The van der Waals surface area contributed by atoms with Gasteiger partial charge in [-0.05, 0) is 42.2 Å². The van der Waals surface area contributed by atoms with E-state index in [2.05, 4.69) is 16.3 Å². The second-order valence-electron chi connectivity index (χ2n) is 7.98. The average molecular weight is 489 g/mol. The maximum atomic E-state index is 12.7. The monoisotopic (exact) mass is 488 g/mol. The number of allylic oxidation sites excluding steroid dienone is 2. The van der Waals surface area contributed by atoms with Crippen LogP contribution in [0.15, 0.2) is 72.3 Å². The second-order valence-corrected chi connectivity index (χ2v) is 10.4. The first kappa shape index (κ1) is 23.6. The Bertz CT molecular complexity index is 1170. The fraction of sp³-hybridized carbons (Fsp3) is 0.292. The predicted molar refractivity (Wildman–Crippen MR) is 126 cm³/mol. The van der Waals surface area contributed by atoms with E-state index in [1.165, 1.54) is 0 Å². The minimum atomic E-state index is -4.16. The van der Waals surface area contributed by atoms with E-state index in [9.17, 15) is 13.2 Å². The number of hydrogen-bond acceptors (Lipinski definition) is 8. The van der Waals surface area contributed by atoms with E-state index in [0.717, 1.165) is 34.9 Å². The molecular formula is C24H24O7S2. The maximum absolute atomic E-state index is 12.7. The zero-order valence-corrected chi connectivity index (χ0v) is 20.0. The average Bonchev–Trinajstić information content (AvgIpc) is 3.12. The molecule has 4 rings (SSSR count). The molecule has 0 saturated carbocycles. The standard InChI is InChI=1S/C24H24O7S2/c1-16-12-13-24(2,22(14-16)32-31-33(26,27)28-3)30-23(25)29-15-21-19-10-6-4-8-17(19)18-9-5-7-11-20(18)21/h4-14,21-22H,15H2,1-3H3. The lowest BCUT2D eigenvalue weighted by Gasteiger charge is -2.33. The normalized spacial score (nSPS) is 21.8. The van der Waals surface area contributed by atoms with Gasteiger partial charge in [-0.25, -0.2) is 4.79 Å². The molecule has 2 aliphatic rings. The molecule has 0 amide bonds. The number of carbonyl (C=O) groups is 1. The largest absolute Gasteiger partial charge is 0.509 e. The van der Waals surface area contributed by atoms with Crippen molar-refractivity contribution in [3.63, 3.8) is 0 Å². The van der Waals surface area contributed by atoms with Crippen LogP contribution in [0.1, 0.15) is 30.9 Å². The van der Waals surface area contributed by atoms with Crippen LogP contribution in [0.5, 0.6) is 0 Å². The van der Waals surface area contributed by atoms with Gasteiger partial charge in [0.15, 0.2) is 0 Å². The fourth-order valence-corrected chi connectivity index (χ4v) is 5.52. The van der Waals surface area contributed by atoms with Gasteiger partial charge in [0.05, 0.1) is 12.4 Å². The third-order valence-electron chi connectivity index (χ3n) is 5.72. The zero-order valence-electron chi connectivity index (χ0n) is 18.4. The number of fused-ring (bicyclic) bond motifs is 3. The topological polar surface area (TPSA) is 88.1 Å². The van der Waals surface area contributed by atoms with Gasteiger partial charge in [0.1, 0.15) is 12.2 Å². The molecule has 174 valence electrons. The van der Waals surface area contributed by atoms with E-state index in [4.69, 9.17) is 13.1 Å². The molecule has 0 saturated heterocycles. The Hall–Kier alpha value is -2.59. The summed E-state index contributed by atoms with van der Waals surface area (Å²) in [6, 6.07) is 16.1. The summed E-state index contributed by atoms with van der Waals surface area (Å²) in [5, 5.41) is -0.632. The van der Waals surface area contributed by atoms with Gasteiger partial charge in [-0.2, -0.15) is 12.0 Å². The zero-order chi connectivity index (χ0) is 23.6. The van der Waals surface area contributed by atoms with Crippen LogP contribution in [-0.2, 0) is 27.7 Å². The molecule has 0 aromatic heterocycles. The SMILES string of the molecule is COS(=O)(=O)OSC1C=C(C)C=CC1(C)OC(=O)OCC1c2ccccc2-c2ccccc21. The summed E-state index contributed by atoms with van der Waals surface area (Å²) in [7, 11) is -3.15. The van der Waals surface area contributed by atoms with Crippen molar-refractivity contribution in [1.82, 2.24) is 0 Å². The lowest BCUT2D eigenvalue weighted by atomic mass is 9.94. The number of benzene rings is 2. The first-order chi connectivity index (χ1) is 15.7. The van der Waals surface area contributed by atoms with Crippen molar-refractivity contribution >= 4 is 28.6 Å². The van der Waals surface area contributed by atoms with E-state index in [1.54, 1.807) is 25.2 Å². The summed E-state index contributed by atoms with van der Waals surface area (Å²) in [6.07, 6.45) is 4.38. The number of rotatable bonds is 7. The van der Waals surface area contributed by atoms with Gasteiger partial charge in [-0.1, -0.05) is 66.3 Å². The van der Waals surface area contributed by atoms with Crippen molar-refractivity contribution in [3.8, 4) is 11.1 Å². The van der Waals surface area contributed by atoms with E-state index < -0.39 is 27.4 Å². The first-order valence-corrected chi connectivity index (χ1v) is 12.4. The molecule has 0 fully saturated rings. The van der Waals surface area contributed by atoms with Gasteiger partial charge in [0.2, 0.25) is 0 Å². The van der Waals surface area contributed by atoms with Crippen LogP contribution in [0, 0.1) is 0 Å². The molecule has 33 heavy (non-hydrogen) atoms. The van der Waals surface area contributed by atoms with Crippen LogP contribution in [0.3, 0.4) is 0 Å². The second kappa shape index (κ2) is 9.34. The minimum Gasteiger partial charge on any atom is -0.433 e. The van der Waals surface area contributed by atoms with Crippen molar-refractivity contribution in [1.29, 1.82) is 0 Å². The molecule has 7 nitrogen and oxygen atoms in total. The van der Waals surface area contributed by atoms with Crippen LogP contribution in [0.4, 0.5) is 4.79 Å². The predicted octanol–water partition coefficient (Wildman–Crippen LogP) is 5.15. The van der Waals surface area contributed by atoms with E-state index >= 15 is 0 Å². The highest BCUT2D eigenvalue weighted by atomic mass is 32.3. The molecule has 2 aromatic rings. The van der Waals surface area contributed by atoms with E-state index in [-0.39, 0.29) is 12.5 Å². The van der Waals surface area contributed by atoms with Crippen LogP contribution in [0.2, 0.25) is 0 Å². The van der Waals surface area contributed by atoms with Gasteiger partial charge in [0.25, 0.3) is 0 Å². The number of hydrogen-bond donors (Lipinski definition) is 0. The van der Waals surface area contributed by atoms with E-state index in [0.29, 0.717) is 12.0 Å². The fourth-order valence-electron chi connectivity index (χ4n) is 3.98. The van der Waals surface area contributed by atoms with Gasteiger partial charge < -0.3 is 9.47 Å². The van der Waals surface area contributed by atoms with Crippen molar-refractivity contribution in [3.05, 3.63) is 83.5 Å². The molecule has 2 aromatic carbocycles. The molecule has 0 aliphatic heterocycles. The molecule has 2 unspecified atom stereocenters. The summed E-state index contributed by atoms with van der Waals surface area (Å²) in [5.74, 6) is -0.0952. The Morgan fingerprint density at radius 2 is 1.67 bits per heavy atom. The smallest absolute Gasteiger partial charge is 0.433 e. The van der Waals surface area contributed by atoms with Crippen molar-refractivity contribution in [2.45, 2.75) is 30.6 Å². The third-order valence-corrected chi connectivity index (χ3v) is 7.92. The van der Waals surface area contributed by atoms with Gasteiger partial charge in [-0.15, -0.1) is 0 Å². The van der Waals surface area contributed by atoms with Gasteiger partial charge in [-0.3, -0.25) is 4.18 Å². The third kappa shape index (κ3) is 5.01.